The zero-order valence-electron chi connectivity index (χ0n) is 19.8. The average Bonchev–Trinajstić information content (AvgIpc) is 3.10. The molecule has 0 bridgehead atoms. The molecule has 0 saturated carbocycles. The van der Waals surface area contributed by atoms with Gasteiger partial charge in [0.05, 0.1) is 17.9 Å². The van der Waals surface area contributed by atoms with Crippen molar-refractivity contribution in [3.05, 3.63) is 94.3 Å². The van der Waals surface area contributed by atoms with Crippen LogP contribution in [-0.2, 0) is 9.59 Å². The second-order valence-corrected chi connectivity index (χ2v) is 8.47. The van der Waals surface area contributed by atoms with E-state index in [2.05, 4.69) is 4.98 Å². The molecule has 0 spiro atoms. The number of hydrogen-bond donors (Lipinski definition) is 1. The summed E-state index contributed by atoms with van der Waals surface area (Å²) in [7, 11) is 0. The standard InChI is InChI=1S/C28H28N2O4/c1-5-15-34-23-13-12-20(16-18(23)3)26(31)24-25(21-10-6-7-14-29-21)30(28(33)27(24)32)22-11-8-9-17(2)19(22)4/h6-14,16,25,31H,5,15H2,1-4H3/b26-24+. The lowest BCUT2D eigenvalue weighted by Gasteiger charge is -2.26. The summed E-state index contributed by atoms with van der Waals surface area (Å²) in [5.74, 6) is -0.939. The molecule has 1 aliphatic rings. The second kappa shape index (κ2) is 9.51. The number of ketones is 1. The summed E-state index contributed by atoms with van der Waals surface area (Å²) < 4.78 is 5.74. The number of aliphatic hydroxyl groups is 1. The molecule has 2 aromatic carbocycles. The summed E-state index contributed by atoms with van der Waals surface area (Å²) >= 11 is 0. The molecule has 6 nitrogen and oxygen atoms in total. The number of carbonyl (C=O) groups is 2. The first-order valence-corrected chi connectivity index (χ1v) is 11.4. The summed E-state index contributed by atoms with van der Waals surface area (Å²) in [5.41, 5.74) is 4.30. The molecule has 1 atom stereocenters. The van der Waals surface area contributed by atoms with Crippen LogP contribution in [0.15, 0.2) is 66.4 Å². The highest BCUT2D eigenvalue weighted by atomic mass is 16.5. The van der Waals surface area contributed by atoms with E-state index in [1.165, 1.54) is 4.90 Å². The Kier molecular flexibility index (Phi) is 6.50. The minimum absolute atomic E-state index is 0.0197. The molecule has 1 aromatic heterocycles. The number of ether oxygens (including phenoxy) is 1. The number of hydrogen-bond acceptors (Lipinski definition) is 5. The van der Waals surface area contributed by atoms with Crippen molar-refractivity contribution in [3.63, 3.8) is 0 Å². The number of nitrogens with zero attached hydrogens (tertiary/aromatic N) is 2. The summed E-state index contributed by atoms with van der Waals surface area (Å²) in [6.45, 7) is 8.37. The second-order valence-electron chi connectivity index (χ2n) is 8.47. The number of pyridine rings is 1. The third-order valence-electron chi connectivity index (χ3n) is 6.16. The van der Waals surface area contributed by atoms with Crippen LogP contribution in [0.3, 0.4) is 0 Å². The lowest BCUT2D eigenvalue weighted by atomic mass is 9.97. The number of aryl methyl sites for hydroxylation is 2. The van der Waals surface area contributed by atoms with Crippen LogP contribution in [0.1, 0.15) is 47.3 Å². The van der Waals surface area contributed by atoms with E-state index in [0.29, 0.717) is 23.6 Å². The molecule has 1 fully saturated rings. The highest BCUT2D eigenvalue weighted by molar-refractivity contribution is 6.51. The van der Waals surface area contributed by atoms with Crippen LogP contribution >= 0.6 is 0 Å². The quantitative estimate of drug-likeness (QED) is 0.304. The fourth-order valence-electron chi connectivity index (χ4n) is 4.22. The van der Waals surface area contributed by atoms with Crippen molar-refractivity contribution < 1.29 is 19.4 Å². The summed E-state index contributed by atoms with van der Waals surface area (Å²) in [4.78, 5) is 32.5. The van der Waals surface area contributed by atoms with Gasteiger partial charge in [0.15, 0.2) is 0 Å². The van der Waals surface area contributed by atoms with Crippen LogP contribution in [0.5, 0.6) is 5.75 Å². The first kappa shape index (κ1) is 23.2. The van der Waals surface area contributed by atoms with Gasteiger partial charge in [-0.25, -0.2) is 0 Å². The molecule has 6 heteroatoms. The molecule has 1 aliphatic heterocycles. The smallest absolute Gasteiger partial charge is 0.300 e. The highest BCUT2D eigenvalue weighted by Gasteiger charge is 2.48. The molecular weight excluding hydrogens is 428 g/mol. The van der Waals surface area contributed by atoms with Gasteiger partial charge in [0.25, 0.3) is 11.7 Å². The predicted molar refractivity (Wildman–Crippen MR) is 132 cm³/mol. The Morgan fingerprint density at radius 3 is 2.50 bits per heavy atom. The number of Topliss-reactive ketones (excluding diaryl/α,β-unsaturated/α-hetero) is 1. The van der Waals surface area contributed by atoms with Gasteiger partial charge in [0.1, 0.15) is 17.6 Å². The molecule has 34 heavy (non-hydrogen) atoms. The predicted octanol–water partition coefficient (Wildman–Crippen LogP) is 5.42. The van der Waals surface area contributed by atoms with Crippen molar-refractivity contribution in [2.45, 2.75) is 40.2 Å². The molecule has 4 rings (SSSR count). The number of aromatic nitrogens is 1. The van der Waals surface area contributed by atoms with Gasteiger partial charge < -0.3 is 9.84 Å². The van der Waals surface area contributed by atoms with Gasteiger partial charge in [0.2, 0.25) is 0 Å². The third-order valence-corrected chi connectivity index (χ3v) is 6.16. The zero-order chi connectivity index (χ0) is 24.4. The van der Waals surface area contributed by atoms with Crippen molar-refractivity contribution in [2.24, 2.45) is 0 Å². The molecule has 0 aliphatic carbocycles. The minimum atomic E-state index is -0.849. The fraction of sp³-hybridized carbons (Fsp3) is 0.250. The SMILES string of the molecule is CCCOc1ccc(/C(O)=C2\C(=O)C(=O)N(c3cccc(C)c3C)C2c2ccccn2)cc1C. The largest absolute Gasteiger partial charge is 0.507 e. The maximum absolute atomic E-state index is 13.3. The lowest BCUT2D eigenvalue weighted by molar-refractivity contribution is -0.132. The Morgan fingerprint density at radius 1 is 1.03 bits per heavy atom. The lowest BCUT2D eigenvalue weighted by Crippen LogP contribution is -2.30. The van der Waals surface area contributed by atoms with E-state index in [4.69, 9.17) is 4.74 Å². The first-order valence-electron chi connectivity index (χ1n) is 11.4. The number of benzene rings is 2. The topological polar surface area (TPSA) is 79.7 Å². The summed E-state index contributed by atoms with van der Waals surface area (Å²) in [6, 6.07) is 15.3. The Balaban J connectivity index is 1.89. The molecule has 1 N–H and O–H groups in total. The van der Waals surface area contributed by atoms with Gasteiger partial charge in [-0.3, -0.25) is 19.5 Å². The van der Waals surface area contributed by atoms with E-state index < -0.39 is 17.7 Å². The van der Waals surface area contributed by atoms with Crippen LogP contribution in [0, 0.1) is 20.8 Å². The van der Waals surface area contributed by atoms with E-state index in [9.17, 15) is 14.7 Å². The van der Waals surface area contributed by atoms with Crippen molar-refractivity contribution in [1.29, 1.82) is 0 Å². The molecular formula is C28H28N2O4. The number of anilines is 1. The van der Waals surface area contributed by atoms with Crippen molar-refractivity contribution in [3.8, 4) is 5.75 Å². The number of aliphatic hydroxyl groups excluding tert-OH is 1. The number of rotatable bonds is 6. The molecule has 3 aromatic rings. The highest BCUT2D eigenvalue weighted by Crippen LogP contribution is 2.43. The van der Waals surface area contributed by atoms with E-state index >= 15 is 0 Å². The van der Waals surface area contributed by atoms with Crippen LogP contribution in [0.2, 0.25) is 0 Å². The van der Waals surface area contributed by atoms with Gasteiger partial charge in [-0.2, -0.15) is 0 Å². The molecule has 0 radical (unpaired) electrons. The van der Waals surface area contributed by atoms with Gasteiger partial charge >= 0.3 is 0 Å². The maximum Gasteiger partial charge on any atom is 0.300 e. The first-order chi connectivity index (χ1) is 16.3. The minimum Gasteiger partial charge on any atom is -0.507 e. The van der Waals surface area contributed by atoms with Crippen molar-refractivity contribution in [1.82, 2.24) is 4.98 Å². The zero-order valence-corrected chi connectivity index (χ0v) is 19.8. The van der Waals surface area contributed by atoms with Crippen molar-refractivity contribution in [2.75, 3.05) is 11.5 Å². The van der Waals surface area contributed by atoms with Crippen LogP contribution in [0.4, 0.5) is 5.69 Å². The van der Waals surface area contributed by atoms with Crippen LogP contribution in [0.25, 0.3) is 5.76 Å². The van der Waals surface area contributed by atoms with E-state index in [0.717, 1.165) is 28.9 Å². The van der Waals surface area contributed by atoms with E-state index in [1.807, 2.05) is 45.9 Å². The Bertz CT molecular complexity index is 1280. The summed E-state index contributed by atoms with van der Waals surface area (Å²) in [6.07, 6.45) is 2.50. The van der Waals surface area contributed by atoms with Gasteiger partial charge in [-0.1, -0.05) is 25.1 Å². The van der Waals surface area contributed by atoms with E-state index in [-0.39, 0.29) is 11.3 Å². The number of amides is 1. The van der Waals surface area contributed by atoms with Gasteiger partial charge in [0, 0.05) is 17.4 Å². The van der Waals surface area contributed by atoms with Crippen LogP contribution in [-0.4, -0.2) is 28.4 Å². The fourth-order valence-corrected chi connectivity index (χ4v) is 4.22. The Labute approximate surface area is 199 Å². The van der Waals surface area contributed by atoms with Gasteiger partial charge in [-0.05, 0) is 80.3 Å². The third kappa shape index (κ3) is 4.07. The normalized spacial score (nSPS) is 17.3. The molecule has 1 amide bonds. The molecule has 2 heterocycles. The van der Waals surface area contributed by atoms with E-state index in [1.54, 1.807) is 42.6 Å². The Hall–Kier alpha value is -3.93. The molecule has 1 unspecified atom stereocenters. The van der Waals surface area contributed by atoms with Crippen molar-refractivity contribution >= 4 is 23.1 Å². The van der Waals surface area contributed by atoms with Crippen LogP contribution < -0.4 is 9.64 Å². The molecule has 1 saturated heterocycles. The molecule has 174 valence electrons. The Morgan fingerprint density at radius 2 is 1.82 bits per heavy atom. The number of carbonyl (C=O) groups excluding carboxylic acids is 2. The average molecular weight is 457 g/mol. The van der Waals surface area contributed by atoms with Gasteiger partial charge in [-0.15, -0.1) is 0 Å². The monoisotopic (exact) mass is 456 g/mol. The summed E-state index contributed by atoms with van der Waals surface area (Å²) in [5, 5.41) is 11.3. The maximum atomic E-state index is 13.3.